The molecule has 0 unspecified atom stereocenters. The molecule has 1 atom stereocenters. The average Bonchev–Trinajstić information content (AvgIpc) is 3.30. The van der Waals surface area contributed by atoms with Gasteiger partial charge in [-0.1, -0.05) is 47.2 Å². The van der Waals surface area contributed by atoms with Gasteiger partial charge < -0.3 is 18.9 Å². The molecule has 1 aliphatic rings. The molecule has 0 radical (unpaired) electrons. The van der Waals surface area contributed by atoms with E-state index >= 15 is 0 Å². The molecule has 0 saturated carbocycles. The fourth-order valence-electron chi connectivity index (χ4n) is 5.03. The van der Waals surface area contributed by atoms with Crippen molar-refractivity contribution in [3.63, 3.8) is 0 Å². The number of carbonyl (C=O) groups is 1. The van der Waals surface area contributed by atoms with Gasteiger partial charge in [-0.05, 0) is 91.2 Å². The van der Waals surface area contributed by atoms with Crippen LogP contribution in [0.3, 0.4) is 0 Å². The van der Waals surface area contributed by atoms with Crippen molar-refractivity contribution in [3.05, 3.63) is 118 Å². The first-order chi connectivity index (χ1) is 22.0. The molecule has 0 spiro atoms. The third-order valence-corrected chi connectivity index (χ3v) is 8.88. The summed E-state index contributed by atoms with van der Waals surface area (Å²) >= 11 is 11.3. The molecule has 0 bridgehead atoms. The van der Waals surface area contributed by atoms with E-state index in [4.69, 9.17) is 30.5 Å². The van der Waals surface area contributed by atoms with Crippen molar-refractivity contribution in [2.75, 3.05) is 13.7 Å². The minimum absolute atomic E-state index is 0.0134. The first-order valence-electron chi connectivity index (χ1n) is 14.4. The van der Waals surface area contributed by atoms with Crippen LogP contribution in [0.15, 0.2) is 80.1 Å². The average molecular weight is 730 g/mol. The van der Waals surface area contributed by atoms with Crippen LogP contribution >= 0.6 is 38.9 Å². The summed E-state index contributed by atoms with van der Waals surface area (Å²) in [7, 11) is 1.53. The quantitative estimate of drug-likeness (QED) is 0.168. The van der Waals surface area contributed by atoms with Crippen molar-refractivity contribution < 1.29 is 28.1 Å². The Kier molecular flexibility index (Phi) is 10.3. The molecule has 46 heavy (non-hydrogen) atoms. The molecule has 4 aromatic rings. The van der Waals surface area contributed by atoms with E-state index in [0.29, 0.717) is 53.4 Å². The van der Waals surface area contributed by atoms with Gasteiger partial charge in [0.2, 0.25) is 0 Å². The third-order valence-electron chi connectivity index (χ3n) is 7.03. The van der Waals surface area contributed by atoms with Gasteiger partial charge in [-0.15, -0.1) is 0 Å². The zero-order chi connectivity index (χ0) is 33.1. The van der Waals surface area contributed by atoms with Crippen molar-refractivity contribution in [1.29, 1.82) is 0 Å². The summed E-state index contributed by atoms with van der Waals surface area (Å²) in [5, 5.41) is 0.277. The second-order valence-electron chi connectivity index (χ2n) is 10.6. The van der Waals surface area contributed by atoms with Crippen molar-refractivity contribution in [2.24, 2.45) is 4.99 Å². The predicted molar refractivity (Wildman–Crippen MR) is 179 cm³/mol. The lowest BCUT2D eigenvalue weighted by molar-refractivity contribution is -0.139. The highest BCUT2D eigenvalue weighted by atomic mass is 79.9. The highest BCUT2D eigenvalue weighted by molar-refractivity contribution is 9.10. The normalized spacial score (nSPS) is 14.6. The van der Waals surface area contributed by atoms with Crippen LogP contribution in [0.4, 0.5) is 4.39 Å². The fourth-order valence-corrected chi connectivity index (χ4v) is 7.07. The number of hydrogen-bond donors (Lipinski definition) is 0. The Morgan fingerprint density at radius 2 is 1.93 bits per heavy atom. The molecule has 240 valence electrons. The van der Waals surface area contributed by atoms with Crippen molar-refractivity contribution >= 4 is 50.9 Å². The van der Waals surface area contributed by atoms with Gasteiger partial charge in [0.1, 0.15) is 12.4 Å². The highest BCUT2D eigenvalue weighted by Crippen LogP contribution is 2.37. The second-order valence-corrected chi connectivity index (χ2v) is 12.8. The van der Waals surface area contributed by atoms with Crippen LogP contribution in [0.5, 0.6) is 17.2 Å². The number of allylic oxidation sites excluding steroid dienone is 1. The smallest absolute Gasteiger partial charge is 0.338 e. The number of thiazole rings is 1. The number of ether oxygens (including phenoxy) is 4. The van der Waals surface area contributed by atoms with Crippen molar-refractivity contribution in [2.45, 2.75) is 46.4 Å². The van der Waals surface area contributed by atoms with E-state index in [9.17, 15) is 14.0 Å². The maximum absolute atomic E-state index is 14.1. The molecule has 0 amide bonds. The van der Waals surface area contributed by atoms with Crippen molar-refractivity contribution in [3.8, 4) is 17.2 Å². The topological polar surface area (TPSA) is 88.4 Å². The molecule has 0 N–H and O–H groups in total. The molecule has 8 nitrogen and oxygen atoms in total. The number of halogens is 3. The molecule has 0 saturated heterocycles. The number of carbonyl (C=O) groups excluding carboxylic acids is 1. The van der Waals surface area contributed by atoms with Gasteiger partial charge >= 0.3 is 5.97 Å². The Morgan fingerprint density at radius 3 is 2.61 bits per heavy atom. The summed E-state index contributed by atoms with van der Waals surface area (Å²) in [6, 6.07) is 14.2. The summed E-state index contributed by atoms with van der Waals surface area (Å²) in [6.07, 6.45) is 1.61. The summed E-state index contributed by atoms with van der Waals surface area (Å²) in [5.41, 5.74) is 1.98. The van der Waals surface area contributed by atoms with Gasteiger partial charge in [-0.2, -0.15) is 0 Å². The number of aromatic nitrogens is 1. The maximum Gasteiger partial charge on any atom is 0.338 e. The molecule has 0 fully saturated rings. The van der Waals surface area contributed by atoms with Gasteiger partial charge in [-0.3, -0.25) is 9.36 Å². The van der Waals surface area contributed by atoms with Crippen LogP contribution in [0.1, 0.15) is 50.4 Å². The second kappa shape index (κ2) is 14.2. The predicted octanol–water partition coefficient (Wildman–Crippen LogP) is 6.73. The monoisotopic (exact) mass is 728 g/mol. The molecule has 1 aliphatic heterocycles. The fraction of sp³-hybridized carbons (Fsp3) is 0.265. The number of benzene rings is 3. The Hall–Kier alpha value is -3.93. The van der Waals surface area contributed by atoms with Gasteiger partial charge in [0.25, 0.3) is 5.56 Å². The van der Waals surface area contributed by atoms with E-state index in [1.807, 2.05) is 13.8 Å². The lowest BCUT2D eigenvalue weighted by Crippen LogP contribution is -2.40. The van der Waals surface area contributed by atoms with Crippen LogP contribution in [-0.2, 0) is 16.1 Å². The van der Waals surface area contributed by atoms with E-state index < -0.39 is 12.0 Å². The van der Waals surface area contributed by atoms with E-state index in [2.05, 4.69) is 20.9 Å². The number of rotatable bonds is 10. The van der Waals surface area contributed by atoms with Crippen LogP contribution in [0.2, 0.25) is 5.02 Å². The minimum Gasteiger partial charge on any atom is -0.493 e. The molecule has 1 aromatic heterocycles. The van der Waals surface area contributed by atoms with Gasteiger partial charge in [0, 0.05) is 5.56 Å². The summed E-state index contributed by atoms with van der Waals surface area (Å²) in [5.74, 6) is 0.404. The van der Waals surface area contributed by atoms with Gasteiger partial charge in [0.05, 0.1) is 51.2 Å². The maximum atomic E-state index is 14.1. The molecule has 12 heteroatoms. The van der Waals surface area contributed by atoms with E-state index in [1.165, 1.54) is 29.1 Å². The van der Waals surface area contributed by atoms with E-state index in [-0.39, 0.29) is 41.3 Å². The van der Waals surface area contributed by atoms with Crippen molar-refractivity contribution in [1.82, 2.24) is 4.57 Å². The van der Waals surface area contributed by atoms with Crippen LogP contribution in [-0.4, -0.2) is 30.4 Å². The molecule has 5 rings (SSSR count). The van der Waals surface area contributed by atoms with Crippen LogP contribution < -0.4 is 29.1 Å². The summed E-state index contributed by atoms with van der Waals surface area (Å²) in [4.78, 5) is 32.4. The van der Waals surface area contributed by atoms with E-state index in [1.54, 1.807) is 68.5 Å². The zero-order valence-corrected chi connectivity index (χ0v) is 28.9. The highest BCUT2D eigenvalue weighted by Gasteiger charge is 2.34. The minimum atomic E-state index is -0.830. The Morgan fingerprint density at radius 1 is 1.17 bits per heavy atom. The summed E-state index contributed by atoms with van der Waals surface area (Å²) < 4.78 is 39.2. The number of hydrogen-bond acceptors (Lipinski definition) is 8. The van der Waals surface area contributed by atoms with Gasteiger partial charge in [-0.25, -0.2) is 14.2 Å². The number of fused-ring (bicyclic) bond motifs is 1. The zero-order valence-electron chi connectivity index (χ0n) is 25.7. The van der Waals surface area contributed by atoms with Crippen LogP contribution in [0, 0.1) is 5.82 Å². The molecular weight excluding hydrogens is 699 g/mol. The van der Waals surface area contributed by atoms with Crippen LogP contribution in [0.25, 0.3) is 6.08 Å². The molecular formula is C34H31BrClFN2O6S. The summed E-state index contributed by atoms with van der Waals surface area (Å²) in [6.45, 7) is 7.41. The van der Waals surface area contributed by atoms with E-state index in [0.717, 1.165) is 0 Å². The Balaban J connectivity index is 1.58. The number of methoxy groups -OCH3 is 1. The lowest BCUT2D eigenvalue weighted by atomic mass is 9.95. The van der Waals surface area contributed by atoms with Gasteiger partial charge in [0.15, 0.2) is 22.0 Å². The molecule has 3 aromatic carbocycles. The number of nitrogens with zero attached hydrogens (tertiary/aromatic N) is 2. The third kappa shape index (κ3) is 6.91. The Labute approximate surface area is 282 Å². The first kappa shape index (κ1) is 33.4. The molecule has 0 aliphatic carbocycles. The first-order valence-corrected chi connectivity index (χ1v) is 16.4. The standard InChI is InChI=1S/C34H31BrClFN2O6S/c1-6-43-33(41)29-19(4)38-34-39(30(29)21-11-12-26(45-18(2)3)27(16-21)42-5)32(40)28(46-34)15-20-13-23(35)31(24(36)14-20)44-17-22-9-7-8-10-25(22)37/h7-16,18,30H,6,17H2,1-5H3/b28-15-/t30-/m1/s1. The Bertz CT molecular complexity index is 2000. The lowest BCUT2D eigenvalue weighted by Gasteiger charge is -2.25. The number of esters is 1. The largest absolute Gasteiger partial charge is 0.493 e. The SMILES string of the molecule is CCOC(=O)C1=C(C)N=c2s/c(=C\c3cc(Cl)c(OCc4ccccc4F)c(Br)c3)c(=O)n2[C@@H]1c1ccc(OC(C)C)c(OC)c1. The molecule has 2 heterocycles.